The quantitative estimate of drug-likeness (QED) is 0.166. The lowest BCUT2D eigenvalue weighted by molar-refractivity contribution is 0.471. The fourth-order valence-corrected chi connectivity index (χ4v) is 7.78. The smallest absolute Gasteiger partial charge is 0.149 e. The van der Waals surface area contributed by atoms with Crippen molar-refractivity contribution >= 4 is 11.0 Å². The number of benzene rings is 6. The second kappa shape index (κ2) is 15.6. The highest BCUT2D eigenvalue weighted by Gasteiger charge is 2.27. The van der Waals surface area contributed by atoms with E-state index in [2.05, 4.69) is 114 Å². The van der Waals surface area contributed by atoms with Crippen molar-refractivity contribution in [3.05, 3.63) is 167 Å². The maximum absolute atomic E-state index is 12.1. The van der Waals surface area contributed by atoms with Gasteiger partial charge in [-0.25, -0.2) is 4.98 Å². The summed E-state index contributed by atoms with van der Waals surface area (Å²) in [6.07, 6.45) is 0.494. The van der Waals surface area contributed by atoms with Gasteiger partial charge in [-0.05, 0) is 130 Å². The molecule has 6 aromatic carbocycles. The summed E-state index contributed by atoms with van der Waals surface area (Å²) in [4.78, 5) is 10.0. The van der Waals surface area contributed by atoms with Gasteiger partial charge in [0.15, 0.2) is 0 Å². The van der Waals surface area contributed by atoms with E-state index in [0.717, 1.165) is 56.6 Å². The number of rotatable bonds is 8. The van der Waals surface area contributed by atoms with Crippen LogP contribution < -0.4 is 0 Å². The van der Waals surface area contributed by atoms with Crippen LogP contribution in [0.4, 0.5) is 0 Å². The lowest BCUT2D eigenvalue weighted by atomic mass is 9.81. The summed E-state index contributed by atoms with van der Waals surface area (Å²) in [7, 11) is 0. The Balaban J connectivity index is 1.47. The zero-order valence-electron chi connectivity index (χ0n) is 44.2. The third-order valence-electron chi connectivity index (χ3n) is 12.1. The van der Waals surface area contributed by atoms with Crippen LogP contribution in [-0.2, 0) is 16.2 Å². The van der Waals surface area contributed by atoms with Crippen molar-refractivity contribution < 1.29 is 14.7 Å². The minimum Gasteiger partial charge on any atom is -0.507 e. The molecule has 0 atom stereocenters. The molecule has 4 nitrogen and oxygen atoms in total. The molecule has 8 rings (SSSR count). The molecule has 0 aliphatic rings. The second-order valence-electron chi connectivity index (χ2n) is 19.0. The number of imidazole rings is 1. The van der Waals surface area contributed by atoms with E-state index in [1.54, 1.807) is 0 Å². The van der Waals surface area contributed by atoms with Gasteiger partial charge < -0.3 is 5.11 Å². The van der Waals surface area contributed by atoms with Crippen molar-refractivity contribution in [2.45, 2.75) is 98.8 Å². The summed E-state index contributed by atoms with van der Waals surface area (Å²) in [6.45, 7) is 22.9. The summed E-state index contributed by atoms with van der Waals surface area (Å²) in [5, 5.41) is 12.1. The molecule has 0 saturated heterocycles. The van der Waals surface area contributed by atoms with Gasteiger partial charge in [0.25, 0.3) is 0 Å². The highest BCUT2D eigenvalue weighted by Crippen LogP contribution is 2.44. The van der Waals surface area contributed by atoms with Crippen LogP contribution in [0.2, 0.25) is 0 Å². The number of para-hydroxylation sites is 1. The summed E-state index contributed by atoms with van der Waals surface area (Å²) < 4.78 is 64.3. The number of aromatic hydroxyl groups is 1. The van der Waals surface area contributed by atoms with Gasteiger partial charge >= 0.3 is 0 Å². The van der Waals surface area contributed by atoms with Gasteiger partial charge in [0.1, 0.15) is 11.6 Å². The van der Waals surface area contributed by atoms with Crippen molar-refractivity contribution in [3.8, 4) is 67.5 Å². The SMILES string of the molecule is [2H]c1nc(-c2cc(-c3cccc4c3nc(-c3cc(C(C)(C)C)cc(C)c3O)n4-c3ccc(C(C)(C)CC)cc3-c3ccccc3)cc(C(C)(C)C)c2)c([2H])c(-c2c([2H])c([2H])c(C)c([2H])c2[2H])c1[2H]. The minimum absolute atomic E-state index is 0.0752. The van der Waals surface area contributed by atoms with Gasteiger partial charge in [-0.3, -0.25) is 9.55 Å². The lowest BCUT2D eigenvalue weighted by Crippen LogP contribution is -2.16. The maximum Gasteiger partial charge on any atom is 0.149 e. The normalized spacial score (nSPS) is 13.9. The van der Waals surface area contributed by atoms with Crippen molar-refractivity contribution in [2.75, 3.05) is 0 Å². The molecule has 0 saturated carbocycles. The lowest BCUT2D eigenvalue weighted by Gasteiger charge is -2.26. The molecule has 4 heteroatoms. The van der Waals surface area contributed by atoms with Crippen molar-refractivity contribution in [1.82, 2.24) is 14.5 Å². The third kappa shape index (κ3) is 8.04. The van der Waals surface area contributed by atoms with Crippen molar-refractivity contribution in [2.24, 2.45) is 0 Å². The number of phenols is 1. The third-order valence-corrected chi connectivity index (χ3v) is 12.1. The van der Waals surface area contributed by atoms with Gasteiger partial charge in [0.2, 0.25) is 0 Å². The molecule has 0 unspecified atom stereocenters. The van der Waals surface area contributed by atoms with E-state index in [1.165, 1.54) is 12.5 Å². The molecule has 8 aromatic rings. The highest BCUT2D eigenvalue weighted by molar-refractivity contribution is 5.98. The summed E-state index contributed by atoms with van der Waals surface area (Å²) >= 11 is 0. The number of nitrogens with zero attached hydrogens (tertiary/aromatic N) is 3. The molecular weight excluding hydrogens is 743 g/mol. The Morgan fingerprint density at radius 1 is 0.607 bits per heavy atom. The monoisotopic (exact) mass is 809 g/mol. The average molecular weight is 809 g/mol. The van der Waals surface area contributed by atoms with E-state index in [1.807, 2.05) is 61.5 Å². The summed E-state index contributed by atoms with van der Waals surface area (Å²) in [5.41, 5.74) is 10.0. The minimum atomic E-state index is -0.452. The molecule has 2 heterocycles. The van der Waals surface area contributed by atoms with Gasteiger partial charge in [0, 0.05) is 22.9 Å². The Morgan fingerprint density at radius 2 is 1.28 bits per heavy atom. The number of hydrogen-bond donors (Lipinski definition) is 1. The standard InChI is InChI=1S/C57H59N3O/c1-12-57(10,11)43-25-26-50(47(34-43)39-17-14-13-15-18-39)60-51-20-16-19-46(52(51)59-54(60)48-35-44(55(4,5)6)29-37(3)53(48)61)41-30-42(32-45(31-41)56(7,8)9)49-33-40(27-28-58-49)38-23-21-36(2)22-24-38/h13-35,61H,12H2,1-11H3/i21D,22D,23D,24D,27D,28D,33D. The van der Waals surface area contributed by atoms with Crippen LogP contribution in [0.25, 0.3) is 72.7 Å². The molecule has 61 heavy (non-hydrogen) atoms. The number of hydrogen-bond acceptors (Lipinski definition) is 3. The fourth-order valence-electron chi connectivity index (χ4n) is 7.78. The summed E-state index contributed by atoms with van der Waals surface area (Å²) in [6, 6.07) is 31.1. The first-order chi connectivity index (χ1) is 31.8. The fraction of sp³-hybridized carbons (Fsp3) is 0.263. The Hall–Kier alpha value is -6.26. The molecule has 2 aromatic heterocycles. The zero-order valence-corrected chi connectivity index (χ0v) is 37.2. The Morgan fingerprint density at radius 3 is 1.97 bits per heavy atom. The van der Waals surface area contributed by atoms with Crippen LogP contribution in [0, 0.1) is 13.8 Å². The van der Waals surface area contributed by atoms with Crippen LogP contribution in [0.15, 0.2) is 139 Å². The molecular formula is C57H59N3O. The number of fused-ring (bicyclic) bond motifs is 1. The van der Waals surface area contributed by atoms with Gasteiger partial charge in [-0.1, -0.05) is 153 Å². The Kier molecular flexibility index (Phi) is 8.58. The molecule has 0 bridgehead atoms. The first-order valence-corrected chi connectivity index (χ1v) is 21.1. The van der Waals surface area contributed by atoms with E-state index in [0.29, 0.717) is 22.5 Å². The highest BCUT2D eigenvalue weighted by atomic mass is 16.3. The van der Waals surface area contributed by atoms with Gasteiger partial charge in [-0.2, -0.15) is 0 Å². The first-order valence-electron chi connectivity index (χ1n) is 24.6. The number of aromatic nitrogens is 3. The van der Waals surface area contributed by atoms with E-state index < -0.39 is 17.6 Å². The van der Waals surface area contributed by atoms with Crippen LogP contribution in [0.1, 0.15) is 106 Å². The van der Waals surface area contributed by atoms with Gasteiger partial charge in [-0.15, -0.1) is 0 Å². The van der Waals surface area contributed by atoms with Crippen LogP contribution >= 0.6 is 0 Å². The molecule has 0 amide bonds. The van der Waals surface area contributed by atoms with Crippen molar-refractivity contribution in [3.63, 3.8) is 0 Å². The average Bonchev–Trinajstić information content (AvgIpc) is 3.69. The Bertz CT molecular complexity index is 3290. The van der Waals surface area contributed by atoms with E-state index in [9.17, 15) is 6.48 Å². The first kappa shape index (κ1) is 33.5. The molecule has 0 fully saturated rings. The van der Waals surface area contributed by atoms with Crippen LogP contribution in [-0.4, -0.2) is 19.6 Å². The van der Waals surface area contributed by atoms with Crippen molar-refractivity contribution in [1.29, 1.82) is 0 Å². The molecule has 0 aliphatic carbocycles. The predicted molar refractivity (Wildman–Crippen MR) is 258 cm³/mol. The topological polar surface area (TPSA) is 50.9 Å². The van der Waals surface area contributed by atoms with Crippen LogP contribution in [0.5, 0.6) is 5.75 Å². The number of pyridine rings is 1. The maximum atomic E-state index is 12.1. The largest absolute Gasteiger partial charge is 0.507 e. The predicted octanol–water partition coefficient (Wildman–Crippen LogP) is 15.4. The number of phenolic OH excluding ortho intramolecular Hbond substituents is 1. The molecule has 0 aliphatic heterocycles. The Labute approximate surface area is 372 Å². The molecule has 308 valence electrons. The number of aryl methyl sites for hydroxylation is 1. The van der Waals surface area contributed by atoms with Gasteiger partial charge in [0.05, 0.1) is 37.6 Å². The van der Waals surface area contributed by atoms with E-state index in [-0.39, 0.29) is 69.2 Å². The zero-order chi connectivity index (χ0) is 49.5. The van der Waals surface area contributed by atoms with E-state index in [4.69, 9.17) is 13.2 Å². The molecule has 1 N–H and O–H groups in total. The van der Waals surface area contributed by atoms with E-state index >= 15 is 0 Å². The van der Waals surface area contributed by atoms with Crippen LogP contribution in [0.3, 0.4) is 0 Å². The molecule has 0 spiro atoms. The second-order valence-corrected chi connectivity index (χ2v) is 19.0. The summed E-state index contributed by atoms with van der Waals surface area (Å²) in [5.74, 6) is 0.705. The molecule has 0 radical (unpaired) electrons.